The third-order valence-corrected chi connectivity index (χ3v) is 3.45. The van der Waals surface area contributed by atoms with E-state index in [1.165, 1.54) is 11.1 Å². The van der Waals surface area contributed by atoms with Crippen molar-refractivity contribution in [3.63, 3.8) is 0 Å². The lowest BCUT2D eigenvalue weighted by Gasteiger charge is -2.22. The zero-order chi connectivity index (χ0) is 17.2. The van der Waals surface area contributed by atoms with Crippen molar-refractivity contribution >= 4 is 29.9 Å². The second-order valence-corrected chi connectivity index (χ2v) is 6.08. The molecule has 1 unspecified atom stereocenters. The first-order valence-electron chi connectivity index (χ1n) is 8.27. The van der Waals surface area contributed by atoms with Gasteiger partial charge in [-0.3, -0.25) is 4.99 Å². The lowest BCUT2D eigenvalue weighted by atomic mass is 10.1. The van der Waals surface area contributed by atoms with Crippen molar-refractivity contribution < 1.29 is 9.84 Å². The van der Waals surface area contributed by atoms with Gasteiger partial charge in [0.1, 0.15) is 12.4 Å². The summed E-state index contributed by atoms with van der Waals surface area (Å²) < 4.78 is 5.85. The number of benzene rings is 1. The molecule has 0 radical (unpaired) electrons. The molecule has 0 saturated carbocycles. The Bertz CT molecular complexity index is 489. The number of likely N-dealkylation sites (N-methyl/N-ethyl adjacent to an activating group) is 1. The summed E-state index contributed by atoms with van der Waals surface area (Å²) in [6.07, 6.45) is 0. The van der Waals surface area contributed by atoms with Crippen molar-refractivity contribution in [2.75, 3.05) is 39.9 Å². The van der Waals surface area contributed by atoms with Gasteiger partial charge in [-0.05, 0) is 49.9 Å². The number of nitrogens with one attached hydrogen (secondary N) is 1. The van der Waals surface area contributed by atoms with Gasteiger partial charge in [0.15, 0.2) is 5.96 Å². The number of aryl methyl sites for hydroxylation is 2. The molecule has 0 heterocycles. The average molecular weight is 449 g/mol. The lowest BCUT2D eigenvalue weighted by molar-refractivity contribution is 0.241. The zero-order valence-electron chi connectivity index (χ0n) is 15.5. The maximum atomic E-state index is 9.11. The molecule has 0 fully saturated rings. The second kappa shape index (κ2) is 12.4. The zero-order valence-corrected chi connectivity index (χ0v) is 17.8. The molecule has 1 aromatic rings. The molecule has 24 heavy (non-hydrogen) atoms. The largest absolute Gasteiger partial charge is 0.492 e. The van der Waals surface area contributed by atoms with E-state index in [4.69, 9.17) is 9.84 Å². The molecule has 0 aliphatic carbocycles. The Morgan fingerprint density at radius 2 is 1.92 bits per heavy atom. The van der Waals surface area contributed by atoms with Gasteiger partial charge in [0.2, 0.25) is 0 Å². The van der Waals surface area contributed by atoms with E-state index in [1.807, 2.05) is 20.9 Å². The summed E-state index contributed by atoms with van der Waals surface area (Å²) in [6.45, 7) is 11.1. The predicted molar refractivity (Wildman–Crippen MR) is 112 cm³/mol. The Hall–Kier alpha value is -1.02. The van der Waals surface area contributed by atoms with E-state index >= 15 is 0 Å². The number of nitrogens with zero attached hydrogens (tertiary/aromatic N) is 2. The normalized spacial score (nSPS) is 12.3. The van der Waals surface area contributed by atoms with Crippen LogP contribution in [-0.4, -0.2) is 55.9 Å². The molecule has 0 saturated heterocycles. The Balaban J connectivity index is 0.00000529. The highest BCUT2D eigenvalue weighted by atomic mass is 127. The first-order valence-corrected chi connectivity index (χ1v) is 8.27. The van der Waals surface area contributed by atoms with E-state index in [0.717, 1.165) is 24.8 Å². The van der Waals surface area contributed by atoms with Gasteiger partial charge in [0.05, 0.1) is 6.54 Å². The third kappa shape index (κ3) is 8.73. The summed E-state index contributed by atoms with van der Waals surface area (Å²) in [6, 6.07) is 6.24. The van der Waals surface area contributed by atoms with Crippen molar-refractivity contribution in [2.24, 2.45) is 10.9 Å². The monoisotopic (exact) mass is 449 g/mol. The van der Waals surface area contributed by atoms with Crippen LogP contribution in [0.1, 0.15) is 25.0 Å². The van der Waals surface area contributed by atoms with Crippen molar-refractivity contribution in [1.29, 1.82) is 0 Å². The molecule has 0 bridgehead atoms. The molecular formula is C18H32IN3O2. The maximum absolute atomic E-state index is 9.11. The molecule has 2 N–H and O–H groups in total. The van der Waals surface area contributed by atoms with Crippen LogP contribution < -0.4 is 10.1 Å². The Morgan fingerprint density at radius 3 is 2.46 bits per heavy atom. The van der Waals surface area contributed by atoms with E-state index in [2.05, 4.69) is 47.3 Å². The van der Waals surface area contributed by atoms with Gasteiger partial charge >= 0.3 is 0 Å². The highest BCUT2D eigenvalue weighted by Gasteiger charge is 2.07. The van der Waals surface area contributed by atoms with Gasteiger partial charge in [-0.25, -0.2) is 0 Å². The highest BCUT2D eigenvalue weighted by molar-refractivity contribution is 14.0. The molecule has 0 spiro atoms. The molecule has 6 heteroatoms. The molecule has 0 aromatic heterocycles. The van der Waals surface area contributed by atoms with Gasteiger partial charge in [0.25, 0.3) is 0 Å². The number of aliphatic imine (C=N–C) groups is 1. The maximum Gasteiger partial charge on any atom is 0.193 e. The summed E-state index contributed by atoms with van der Waals surface area (Å²) in [5.74, 6) is 1.92. The molecule has 1 rings (SSSR count). The van der Waals surface area contributed by atoms with Gasteiger partial charge in [0, 0.05) is 26.7 Å². The van der Waals surface area contributed by atoms with E-state index in [9.17, 15) is 0 Å². The average Bonchev–Trinajstić information content (AvgIpc) is 2.49. The number of halogens is 1. The number of aliphatic hydroxyl groups is 1. The van der Waals surface area contributed by atoms with Gasteiger partial charge in [-0.1, -0.05) is 13.0 Å². The fourth-order valence-electron chi connectivity index (χ4n) is 2.19. The van der Waals surface area contributed by atoms with Crippen molar-refractivity contribution in [3.8, 4) is 5.75 Å². The summed E-state index contributed by atoms with van der Waals surface area (Å²) in [7, 11) is 2.00. The Kier molecular flexibility index (Phi) is 11.8. The summed E-state index contributed by atoms with van der Waals surface area (Å²) in [5, 5.41) is 12.4. The molecule has 5 nitrogen and oxygen atoms in total. The molecule has 0 amide bonds. The van der Waals surface area contributed by atoms with Crippen LogP contribution >= 0.6 is 24.0 Å². The van der Waals surface area contributed by atoms with Gasteiger partial charge < -0.3 is 20.1 Å². The minimum atomic E-state index is 0. The van der Waals surface area contributed by atoms with Crippen LogP contribution in [0.4, 0.5) is 0 Å². The van der Waals surface area contributed by atoms with Crippen molar-refractivity contribution in [1.82, 2.24) is 10.2 Å². The van der Waals surface area contributed by atoms with Crippen molar-refractivity contribution in [3.05, 3.63) is 29.3 Å². The SMILES string of the molecule is CCNC(=NCC(C)CO)N(C)CCOc1cc(C)cc(C)c1.I. The van der Waals surface area contributed by atoms with Crippen molar-refractivity contribution in [2.45, 2.75) is 27.7 Å². The molecule has 1 atom stereocenters. The molecule has 138 valence electrons. The fourth-order valence-corrected chi connectivity index (χ4v) is 2.19. The summed E-state index contributed by atoms with van der Waals surface area (Å²) >= 11 is 0. The Labute approximate surface area is 163 Å². The first-order chi connectivity index (χ1) is 11.0. The Morgan fingerprint density at radius 1 is 1.29 bits per heavy atom. The minimum Gasteiger partial charge on any atom is -0.492 e. The number of hydrogen-bond acceptors (Lipinski definition) is 3. The van der Waals surface area contributed by atoms with E-state index in [-0.39, 0.29) is 36.5 Å². The van der Waals surface area contributed by atoms with Gasteiger partial charge in [-0.15, -0.1) is 24.0 Å². The number of ether oxygens (including phenoxy) is 1. The van der Waals surface area contributed by atoms with Crippen LogP contribution in [0.2, 0.25) is 0 Å². The van der Waals surface area contributed by atoms with Gasteiger partial charge in [-0.2, -0.15) is 0 Å². The number of guanidine groups is 1. The third-order valence-electron chi connectivity index (χ3n) is 3.45. The van der Waals surface area contributed by atoms with Crippen LogP contribution in [0.3, 0.4) is 0 Å². The quantitative estimate of drug-likeness (QED) is 0.364. The standard InChI is InChI=1S/C18H31N3O2.HI/c1-6-19-18(20-12-16(4)13-22)21(5)7-8-23-17-10-14(2)9-15(3)11-17;/h9-11,16,22H,6-8,12-13H2,1-5H3,(H,19,20);1H. The topological polar surface area (TPSA) is 57.1 Å². The van der Waals surface area contributed by atoms with E-state index in [1.54, 1.807) is 0 Å². The van der Waals surface area contributed by atoms with Crippen LogP contribution in [0.5, 0.6) is 5.75 Å². The lowest BCUT2D eigenvalue weighted by Crippen LogP contribution is -2.41. The predicted octanol–water partition coefficient (Wildman–Crippen LogP) is 2.83. The summed E-state index contributed by atoms with van der Waals surface area (Å²) in [5.41, 5.74) is 2.42. The first kappa shape index (κ1) is 23.0. The highest BCUT2D eigenvalue weighted by Crippen LogP contribution is 2.16. The molecule has 0 aliphatic heterocycles. The molecule has 0 aliphatic rings. The van der Waals surface area contributed by atoms with Crippen LogP contribution in [-0.2, 0) is 0 Å². The summed E-state index contributed by atoms with van der Waals surface area (Å²) in [4.78, 5) is 6.61. The smallest absolute Gasteiger partial charge is 0.193 e. The van der Waals surface area contributed by atoms with Crippen LogP contribution in [0.15, 0.2) is 23.2 Å². The van der Waals surface area contributed by atoms with E-state index < -0.39 is 0 Å². The van der Waals surface area contributed by atoms with Crippen LogP contribution in [0.25, 0.3) is 0 Å². The fraction of sp³-hybridized carbons (Fsp3) is 0.611. The minimum absolute atomic E-state index is 0. The number of hydrogen-bond donors (Lipinski definition) is 2. The molecular weight excluding hydrogens is 417 g/mol. The number of aliphatic hydroxyl groups excluding tert-OH is 1. The second-order valence-electron chi connectivity index (χ2n) is 6.08. The van der Waals surface area contributed by atoms with Crippen LogP contribution in [0, 0.1) is 19.8 Å². The van der Waals surface area contributed by atoms with E-state index in [0.29, 0.717) is 13.2 Å². The number of rotatable bonds is 8. The molecule has 1 aromatic carbocycles.